The normalized spacial score (nSPS) is 11.0. The monoisotopic (exact) mass is 335 g/mol. The molecule has 0 saturated heterocycles. The topological polar surface area (TPSA) is 44.5 Å². The molecule has 0 atom stereocenters. The van der Waals surface area contributed by atoms with Gasteiger partial charge in [-0.05, 0) is 55.7 Å². The third-order valence-corrected chi connectivity index (χ3v) is 3.77. The molecule has 23 heavy (non-hydrogen) atoms. The molecule has 0 heterocycles. The summed E-state index contributed by atoms with van der Waals surface area (Å²) in [7, 11) is 3.36. The maximum absolute atomic E-state index is 6.27. The van der Waals surface area contributed by atoms with Crippen LogP contribution in [0.25, 0.3) is 0 Å². The molecule has 2 N–H and O–H groups in total. The lowest BCUT2D eigenvalue weighted by atomic mass is 9.82. The highest BCUT2D eigenvalue weighted by atomic mass is 35.5. The molecule has 2 aromatic carbocycles. The lowest BCUT2D eigenvalue weighted by Crippen LogP contribution is -2.34. The average molecular weight is 336 g/mol. The van der Waals surface area contributed by atoms with Crippen LogP contribution in [0.2, 0.25) is 0 Å². The predicted octanol–water partition coefficient (Wildman–Crippen LogP) is 4.38. The highest BCUT2D eigenvalue weighted by Crippen LogP contribution is 2.33. The van der Waals surface area contributed by atoms with E-state index in [0.717, 1.165) is 17.9 Å². The summed E-state index contributed by atoms with van der Waals surface area (Å²) in [5.74, 6) is 1.98. The Bertz CT molecular complexity index is 541. The molecule has 4 heteroatoms. The number of ether oxygens (including phenoxy) is 2. The molecular formula is C19H26ClNO2. The van der Waals surface area contributed by atoms with E-state index >= 15 is 0 Å². The van der Waals surface area contributed by atoms with Gasteiger partial charge in [0.05, 0.1) is 14.2 Å². The first-order chi connectivity index (χ1) is 10.4. The first kappa shape index (κ1) is 19.3. The molecular weight excluding hydrogens is 310 g/mol. The molecule has 2 aromatic rings. The van der Waals surface area contributed by atoms with Crippen molar-refractivity contribution in [3.8, 4) is 11.5 Å². The molecule has 2 rings (SSSR count). The van der Waals surface area contributed by atoms with Gasteiger partial charge in [0.25, 0.3) is 0 Å². The predicted molar refractivity (Wildman–Crippen MR) is 98.0 cm³/mol. The van der Waals surface area contributed by atoms with Crippen molar-refractivity contribution in [2.45, 2.75) is 31.7 Å². The Morgan fingerprint density at radius 3 is 1.43 bits per heavy atom. The fraction of sp³-hybridized carbons (Fsp3) is 0.368. The molecule has 126 valence electrons. The Kier molecular flexibility index (Phi) is 6.92. The molecule has 0 aliphatic heterocycles. The smallest absolute Gasteiger partial charge is 0.118 e. The average Bonchev–Trinajstić information content (AvgIpc) is 2.52. The Balaban J connectivity index is 0.00000264. The number of benzene rings is 2. The number of hydrogen-bond acceptors (Lipinski definition) is 3. The molecule has 0 radical (unpaired) electrons. The molecule has 0 bridgehead atoms. The number of nitrogens with two attached hydrogens (primary N) is 1. The molecule has 0 aromatic heterocycles. The van der Waals surface area contributed by atoms with Crippen LogP contribution in [-0.2, 0) is 0 Å². The van der Waals surface area contributed by atoms with Gasteiger partial charge in [-0.25, -0.2) is 0 Å². The fourth-order valence-corrected chi connectivity index (χ4v) is 2.63. The fourth-order valence-electron chi connectivity index (χ4n) is 2.63. The van der Waals surface area contributed by atoms with Crippen LogP contribution in [0.5, 0.6) is 11.5 Å². The van der Waals surface area contributed by atoms with Gasteiger partial charge in [-0.2, -0.15) is 0 Å². The van der Waals surface area contributed by atoms with Crippen molar-refractivity contribution in [2.75, 3.05) is 14.2 Å². The number of hydrogen-bond donors (Lipinski definition) is 1. The van der Waals surface area contributed by atoms with Crippen LogP contribution < -0.4 is 15.2 Å². The minimum absolute atomic E-state index is 0. The van der Waals surface area contributed by atoms with Crippen LogP contribution in [0.3, 0.4) is 0 Å². The first-order valence-corrected chi connectivity index (χ1v) is 7.50. The lowest BCUT2D eigenvalue weighted by Gasteiger charge is -2.27. The molecule has 0 aliphatic carbocycles. The van der Waals surface area contributed by atoms with E-state index in [-0.39, 0.29) is 23.9 Å². The SMILES string of the molecule is COc1ccc(C(CC(C)(C)N)c2ccc(OC)cc2)cc1.Cl. The van der Waals surface area contributed by atoms with Crippen LogP contribution in [0.4, 0.5) is 0 Å². The van der Waals surface area contributed by atoms with Crippen molar-refractivity contribution in [3.63, 3.8) is 0 Å². The van der Waals surface area contributed by atoms with E-state index in [9.17, 15) is 0 Å². The van der Waals surface area contributed by atoms with Crippen LogP contribution in [-0.4, -0.2) is 19.8 Å². The summed E-state index contributed by atoms with van der Waals surface area (Å²) in [4.78, 5) is 0. The Labute approximate surface area is 145 Å². The number of rotatable bonds is 6. The van der Waals surface area contributed by atoms with Gasteiger partial charge in [-0.15, -0.1) is 12.4 Å². The van der Waals surface area contributed by atoms with Crippen LogP contribution in [0, 0.1) is 0 Å². The van der Waals surface area contributed by atoms with Gasteiger partial charge in [0, 0.05) is 11.5 Å². The van der Waals surface area contributed by atoms with E-state index < -0.39 is 0 Å². The highest BCUT2D eigenvalue weighted by Gasteiger charge is 2.22. The van der Waals surface area contributed by atoms with E-state index in [4.69, 9.17) is 15.2 Å². The molecule has 0 spiro atoms. The van der Waals surface area contributed by atoms with Crippen molar-refractivity contribution < 1.29 is 9.47 Å². The van der Waals surface area contributed by atoms with Crippen LogP contribution in [0.1, 0.15) is 37.3 Å². The highest BCUT2D eigenvalue weighted by molar-refractivity contribution is 5.85. The van der Waals surface area contributed by atoms with Gasteiger partial charge in [0.1, 0.15) is 11.5 Å². The van der Waals surface area contributed by atoms with Crippen molar-refractivity contribution >= 4 is 12.4 Å². The summed E-state index contributed by atoms with van der Waals surface area (Å²) >= 11 is 0. The van der Waals surface area contributed by atoms with E-state index in [1.54, 1.807) is 14.2 Å². The summed E-state index contributed by atoms with van der Waals surface area (Å²) in [6, 6.07) is 16.4. The Hall–Kier alpha value is -1.71. The van der Waals surface area contributed by atoms with Crippen molar-refractivity contribution in [1.82, 2.24) is 0 Å². The third kappa shape index (κ3) is 5.45. The zero-order valence-corrected chi connectivity index (χ0v) is 15.0. The summed E-state index contributed by atoms with van der Waals surface area (Å²) in [6.07, 6.45) is 0.867. The van der Waals surface area contributed by atoms with Gasteiger partial charge < -0.3 is 15.2 Å². The minimum Gasteiger partial charge on any atom is -0.497 e. The van der Waals surface area contributed by atoms with E-state index in [1.807, 2.05) is 24.3 Å². The Morgan fingerprint density at radius 1 is 0.826 bits per heavy atom. The van der Waals surface area contributed by atoms with Crippen molar-refractivity contribution in [1.29, 1.82) is 0 Å². The summed E-state index contributed by atoms with van der Waals surface area (Å²) in [5.41, 5.74) is 8.51. The third-order valence-electron chi connectivity index (χ3n) is 3.77. The van der Waals surface area contributed by atoms with Crippen molar-refractivity contribution in [3.05, 3.63) is 59.7 Å². The maximum Gasteiger partial charge on any atom is 0.118 e. The minimum atomic E-state index is -0.246. The summed E-state index contributed by atoms with van der Waals surface area (Å²) in [5, 5.41) is 0. The van der Waals surface area contributed by atoms with Crippen LogP contribution >= 0.6 is 12.4 Å². The molecule has 0 aliphatic rings. The standard InChI is InChI=1S/C19H25NO2.ClH/c1-19(2,20)13-18(14-5-9-16(21-3)10-6-14)15-7-11-17(22-4)12-8-15;/h5-12,18H,13,20H2,1-4H3;1H. The maximum atomic E-state index is 6.27. The molecule has 0 saturated carbocycles. The second kappa shape index (κ2) is 8.23. The quantitative estimate of drug-likeness (QED) is 0.851. The zero-order valence-electron chi connectivity index (χ0n) is 14.2. The molecule has 3 nitrogen and oxygen atoms in total. The number of methoxy groups -OCH3 is 2. The molecule has 0 unspecified atom stereocenters. The molecule has 0 fully saturated rings. The van der Waals surface area contributed by atoms with Gasteiger partial charge in [0.2, 0.25) is 0 Å². The van der Waals surface area contributed by atoms with E-state index in [1.165, 1.54) is 11.1 Å². The van der Waals surface area contributed by atoms with Crippen LogP contribution in [0.15, 0.2) is 48.5 Å². The van der Waals surface area contributed by atoms with Gasteiger partial charge in [-0.3, -0.25) is 0 Å². The Morgan fingerprint density at radius 2 is 1.17 bits per heavy atom. The zero-order chi connectivity index (χ0) is 16.2. The second-order valence-electron chi connectivity index (χ2n) is 6.29. The van der Waals surface area contributed by atoms with Crippen molar-refractivity contribution in [2.24, 2.45) is 5.73 Å². The van der Waals surface area contributed by atoms with Gasteiger partial charge in [0.15, 0.2) is 0 Å². The van der Waals surface area contributed by atoms with E-state index in [0.29, 0.717) is 0 Å². The second-order valence-corrected chi connectivity index (χ2v) is 6.29. The molecule has 0 amide bonds. The van der Waals surface area contributed by atoms with Gasteiger partial charge in [-0.1, -0.05) is 24.3 Å². The number of halogens is 1. The van der Waals surface area contributed by atoms with Gasteiger partial charge >= 0.3 is 0 Å². The summed E-state index contributed by atoms with van der Waals surface area (Å²) in [6.45, 7) is 4.13. The first-order valence-electron chi connectivity index (χ1n) is 7.50. The largest absolute Gasteiger partial charge is 0.497 e. The summed E-state index contributed by atoms with van der Waals surface area (Å²) < 4.78 is 10.5. The lowest BCUT2D eigenvalue weighted by molar-refractivity contribution is 0.413. The van der Waals surface area contributed by atoms with E-state index in [2.05, 4.69) is 38.1 Å².